The number of aryl methyl sites for hydroxylation is 1. The molecule has 0 amide bonds. The van der Waals surface area contributed by atoms with E-state index in [-0.39, 0.29) is 0 Å². The average molecular weight is 233 g/mol. The van der Waals surface area contributed by atoms with Gasteiger partial charge in [-0.1, -0.05) is 6.07 Å². The molecular formula is C12H15N3S. The number of fused-ring (bicyclic) bond motifs is 1. The molecule has 1 aliphatic carbocycles. The van der Waals surface area contributed by atoms with Gasteiger partial charge in [0.25, 0.3) is 0 Å². The summed E-state index contributed by atoms with van der Waals surface area (Å²) in [6.07, 6.45) is 5.41. The van der Waals surface area contributed by atoms with Crippen LogP contribution in [0.4, 0.5) is 0 Å². The second-order valence-electron chi connectivity index (χ2n) is 4.27. The van der Waals surface area contributed by atoms with Crippen molar-refractivity contribution >= 4 is 11.3 Å². The van der Waals surface area contributed by atoms with Crippen LogP contribution in [0.3, 0.4) is 0 Å². The Kier molecular flexibility index (Phi) is 2.76. The predicted octanol–water partition coefficient (Wildman–Crippen LogP) is 2.12. The minimum absolute atomic E-state index is 0.604. The van der Waals surface area contributed by atoms with Crippen molar-refractivity contribution in [1.29, 1.82) is 0 Å². The van der Waals surface area contributed by atoms with E-state index in [0.717, 1.165) is 19.4 Å². The first kappa shape index (κ1) is 10.1. The molecule has 0 radical (unpaired) electrons. The quantitative estimate of drug-likeness (QED) is 0.852. The van der Waals surface area contributed by atoms with Gasteiger partial charge < -0.3 is 5.32 Å². The van der Waals surface area contributed by atoms with Gasteiger partial charge in [-0.15, -0.1) is 11.3 Å². The van der Waals surface area contributed by atoms with E-state index in [4.69, 9.17) is 0 Å². The van der Waals surface area contributed by atoms with E-state index in [1.165, 1.54) is 22.6 Å². The summed E-state index contributed by atoms with van der Waals surface area (Å²) in [4.78, 5) is 1.41. The van der Waals surface area contributed by atoms with Crippen LogP contribution >= 0.6 is 11.3 Å². The first-order valence-corrected chi connectivity index (χ1v) is 6.56. The van der Waals surface area contributed by atoms with Crippen LogP contribution in [0.5, 0.6) is 0 Å². The molecule has 0 bridgehead atoms. The van der Waals surface area contributed by atoms with Crippen molar-refractivity contribution in [3.63, 3.8) is 0 Å². The van der Waals surface area contributed by atoms with Crippen LogP contribution in [0, 0.1) is 0 Å². The Labute approximate surface area is 98.9 Å². The van der Waals surface area contributed by atoms with Crippen LogP contribution in [0.2, 0.25) is 0 Å². The molecule has 0 spiro atoms. The van der Waals surface area contributed by atoms with Crippen molar-refractivity contribution in [1.82, 2.24) is 15.5 Å². The van der Waals surface area contributed by atoms with Gasteiger partial charge in [0.2, 0.25) is 0 Å². The largest absolute Gasteiger partial charge is 0.309 e. The van der Waals surface area contributed by atoms with Crippen molar-refractivity contribution in [3.8, 4) is 0 Å². The summed E-state index contributed by atoms with van der Waals surface area (Å²) < 4.78 is 0. The molecule has 3 rings (SSSR count). The third-order valence-electron chi connectivity index (χ3n) is 3.16. The van der Waals surface area contributed by atoms with E-state index < -0.39 is 0 Å². The standard InChI is InChI=1S/C12H15N3S/c1-2-11(16-5-1)8-13-10-3-4-12-9(6-10)7-14-15-12/h1-2,5,7,10,13H,3-4,6,8H2,(H,14,15). The number of nitrogens with zero attached hydrogens (tertiary/aromatic N) is 1. The molecule has 0 fully saturated rings. The SMILES string of the molecule is c1csc(CNC2CCc3[nH]ncc3C2)c1. The normalized spacial score (nSPS) is 19.6. The van der Waals surface area contributed by atoms with Crippen molar-refractivity contribution in [2.45, 2.75) is 31.8 Å². The summed E-state index contributed by atoms with van der Waals surface area (Å²) in [5, 5.41) is 12.9. The molecule has 0 aromatic carbocycles. The topological polar surface area (TPSA) is 40.7 Å². The van der Waals surface area contributed by atoms with Crippen LogP contribution < -0.4 is 5.32 Å². The van der Waals surface area contributed by atoms with Crippen LogP contribution in [-0.2, 0) is 19.4 Å². The molecule has 0 aliphatic heterocycles. The first-order valence-electron chi connectivity index (χ1n) is 5.69. The van der Waals surface area contributed by atoms with Crippen LogP contribution in [-0.4, -0.2) is 16.2 Å². The molecule has 4 heteroatoms. The van der Waals surface area contributed by atoms with Crippen LogP contribution in [0.25, 0.3) is 0 Å². The summed E-state index contributed by atoms with van der Waals surface area (Å²) in [5.41, 5.74) is 2.71. The molecule has 1 aliphatic rings. The zero-order chi connectivity index (χ0) is 10.8. The Bertz CT molecular complexity index is 447. The Morgan fingerprint density at radius 3 is 3.44 bits per heavy atom. The molecule has 2 aromatic rings. The van der Waals surface area contributed by atoms with E-state index >= 15 is 0 Å². The van der Waals surface area contributed by atoms with Gasteiger partial charge in [0, 0.05) is 23.2 Å². The third kappa shape index (κ3) is 2.03. The van der Waals surface area contributed by atoms with Crippen LogP contribution in [0.1, 0.15) is 22.6 Å². The molecule has 3 nitrogen and oxygen atoms in total. The monoisotopic (exact) mass is 233 g/mol. The number of aromatic amines is 1. The molecule has 2 heterocycles. The number of hydrogen-bond acceptors (Lipinski definition) is 3. The number of nitrogens with one attached hydrogen (secondary N) is 2. The second kappa shape index (κ2) is 4.39. The van der Waals surface area contributed by atoms with Crippen molar-refractivity contribution < 1.29 is 0 Å². The molecule has 84 valence electrons. The molecular weight excluding hydrogens is 218 g/mol. The lowest BCUT2D eigenvalue weighted by atomic mass is 9.93. The van der Waals surface area contributed by atoms with Gasteiger partial charge in [-0.05, 0) is 36.3 Å². The highest BCUT2D eigenvalue weighted by molar-refractivity contribution is 7.09. The average Bonchev–Trinajstić information content (AvgIpc) is 2.97. The van der Waals surface area contributed by atoms with Gasteiger partial charge in [0.1, 0.15) is 0 Å². The lowest BCUT2D eigenvalue weighted by Gasteiger charge is -2.22. The summed E-state index contributed by atoms with van der Waals surface area (Å²) >= 11 is 1.82. The molecule has 2 aromatic heterocycles. The maximum atomic E-state index is 4.10. The number of thiophene rings is 1. The minimum atomic E-state index is 0.604. The fourth-order valence-corrected chi connectivity index (χ4v) is 2.90. The van der Waals surface area contributed by atoms with Crippen LogP contribution in [0.15, 0.2) is 23.7 Å². The molecule has 1 atom stereocenters. The Balaban J connectivity index is 1.58. The van der Waals surface area contributed by atoms with Crippen molar-refractivity contribution in [3.05, 3.63) is 39.8 Å². The van der Waals surface area contributed by atoms with Gasteiger partial charge >= 0.3 is 0 Å². The number of rotatable bonds is 3. The number of H-pyrrole nitrogens is 1. The minimum Gasteiger partial charge on any atom is -0.309 e. The molecule has 16 heavy (non-hydrogen) atoms. The van der Waals surface area contributed by atoms with Gasteiger partial charge in [0.15, 0.2) is 0 Å². The van der Waals surface area contributed by atoms with E-state index in [1.807, 2.05) is 17.5 Å². The molecule has 0 saturated heterocycles. The van der Waals surface area contributed by atoms with Gasteiger partial charge in [-0.2, -0.15) is 5.10 Å². The second-order valence-corrected chi connectivity index (χ2v) is 5.31. The van der Waals surface area contributed by atoms with E-state index in [9.17, 15) is 0 Å². The highest BCUT2D eigenvalue weighted by Gasteiger charge is 2.19. The van der Waals surface area contributed by atoms with E-state index in [2.05, 4.69) is 33.0 Å². The Hall–Kier alpha value is -1.13. The number of aromatic nitrogens is 2. The number of hydrogen-bond donors (Lipinski definition) is 2. The molecule has 2 N–H and O–H groups in total. The fraction of sp³-hybridized carbons (Fsp3) is 0.417. The smallest absolute Gasteiger partial charge is 0.0522 e. The van der Waals surface area contributed by atoms with Gasteiger partial charge in [-0.25, -0.2) is 0 Å². The summed E-state index contributed by atoms with van der Waals surface area (Å²) in [6.45, 7) is 0.996. The zero-order valence-corrected chi connectivity index (χ0v) is 9.89. The third-order valence-corrected chi connectivity index (χ3v) is 4.04. The van der Waals surface area contributed by atoms with E-state index in [0.29, 0.717) is 6.04 Å². The summed E-state index contributed by atoms with van der Waals surface area (Å²) in [6, 6.07) is 4.90. The predicted molar refractivity (Wildman–Crippen MR) is 65.6 cm³/mol. The molecule has 0 saturated carbocycles. The highest BCUT2D eigenvalue weighted by atomic mass is 32.1. The van der Waals surface area contributed by atoms with Gasteiger partial charge in [-0.3, -0.25) is 5.10 Å². The van der Waals surface area contributed by atoms with Crippen molar-refractivity contribution in [2.24, 2.45) is 0 Å². The fourth-order valence-electron chi connectivity index (χ4n) is 2.25. The molecule has 1 unspecified atom stereocenters. The lowest BCUT2D eigenvalue weighted by molar-refractivity contribution is 0.457. The van der Waals surface area contributed by atoms with Gasteiger partial charge in [0.05, 0.1) is 6.20 Å². The van der Waals surface area contributed by atoms with E-state index in [1.54, 1.807) is 0 Å². The maximum absolute atomic E-state index is 4.10. The Morgan fingerprint density at radius 2 is 2.56 bits per heavy atom. The maximum Gasteiger partial charge on any atom is 0.0522 e. The lowest BCUT2D eigenvalue weighted by Crippen LogP contribution is -2.33. The summed E-state index contributed by atoms with van der Waals surface area (Å²) in [7, 11) is 0. The summed E-state index contributed by atoms with van der Waals surface area (Å²) in [5.74, 6) is 0. The van der Waals surface area contributed by atoms with Crippen molar-refractivity contribution in [2.75, 3.05) is 0 Å². The Morgan fingerprint density at radius 1 is 1.56 bits per heavy atom. The zero-order valence-electron chi connectivity index (χ0n) is 9.07. The highest BCUT2D eigenvalue weighted by Crippen LogP contribution is 2.19. The first-order chi connectivity index (χ1) is 7.92.